The normalized spacial score (nSPS) is 13.7. The summed E-state index contributed by atoms with van der Waals surface area (Å²) in [7, 11) is 0. The number of hydrogen-bond donors (Lipinski definition) is 1. The highest BCUT2D eigenvalue weighted by Gasteiger charge is 2.22. The number of hydrazone groups is 1. The van der Waals surface area contributed by atoms with Crippen LogP contribution in [0.15, 0.2) is 35.4 Å². The van der Waals surface area contributed by atoms with Crippen molar-refractivity contribution in [1.29, 1.82) is 0 Å². The first kappa shape index (κ1) is 19.8. The molecule has 2 heterocycles. The molecule has 0 fully saturated rings. The van der Waals surface area contributed by atoms with Gasteiger partial charge in [0.15, 0.2) is 6.61 Å². The van der Waals surface area contributed by atoms with Gasteiger partial charge in [0.25, 0.3) is 0 Å². The summed E-state index contributed by atoms with van der Waals surface area (Å²) < 4.78 is 7.07. The first-order valence-corrected chi connectivity index (χ1v) is 9.20. The molecule has 146 valence electrons. The molecule has 0 unspecified atom stereocenters. The van der Waals surface area contributed by atoms with Crippen molar-refractivity contribution in [3.05, 3.63) is 57.9 Å². The maximum absolute atomic E-state index is 12.6. The van der Waals surface area contributed by atoms with Crippen molar-refractivity contribution in [3.63, 3.8) is 0 Å². The number of ketones is 1. The maximum Gasteiger partial charge on any atom is 0.354 e. The molecule has 0 bridgehead atoms. The van der Waals surface area contributed by atoms with Gasteiger partial charge in [-0.3, -0.25) is 9.59 Å². The Morgan fingerprint density at radius 3 is 2.68 bits per heavy atom. The van der Waals surface area contributed by atoms with Gasteiger partial charge >= 0.3 is 5.97 Å². The molecular formula is C20H20ClN3O4. The van der Waals surface area contributed by atoms with E-state index in [1.165, 1.54) is 0 Å². The number of hydrogen-bond acceptors (Lipinski definition) is 5. The Morgan fingerprint density at radius 1 is 1.25 bits per heavy atom. The zero-order chi connectivity index (χ0) is 20.3. The van der Waals surface area contributed by atoms with Crippen LogP contribution in [-0.2, 0) is 20.9 Å². The molecule has 1 aliphatic heterocycles. The van der Waals surface area contributed by atoms with E-state index >= 15 is 0 Å². The molecular weight excluding hydrogens is 382 g/mol. The van der Waals surface area contributed by atoms with Crippen LogP contribution in [0, 0.1) is 13.8 Å². The highest BCUT2D eigenvalue weighted by molar-refractivity contribution is 6.37. The number of amides is 1. The van der Waals surface area contributed by atoms with E-state index in [0.717, 1.165) is 17.0 Å². The summed E-state index contributed by atoms with van der Waals surface area (Å²) >= 11 is 6.24. The Hall–Kier alpha value is -2.93. The van der Waals surface area contributed by atoms with E-state index in [4.69, 9.17) is 16.3 Å². The van der Waals surface area contributed by atoms with E-state index in [-0.39, 0.29) is 36.9 Å². The van der Waals surface area contributed by atoms with Crippen molar-refractivity contribution in [2.45, 2.75) is 33.2 Å². The third-order valence-electron chi connectivity index (χ3n) is 4.63. The fourth-order valence-corrected chi connectivity index (χ4v) is 3.23. The van der Waals surface area contributed by atoms with Gasteiger partial charge in [0, 0.05) is 41.4 Å². The number of nitrogens with zero attached hydrogens (tertiary/aromatic N) is 2. The fraction of sp³-hybridized carbons (Fsp3) is 0.300. The number of ether oxygens (including phenoxy) is 1. The Bertz CT molecular complexity index is 978. The van der Waals surface area contributed by atoms with Gasteiger partial charge in [0.05, 0.1) is 0 Å². The lowest BCUT2D eigenvalue weighted by Crippen LogP contribution is -2.31. The highest BCUT2D eigenvalue weighted by Crippen LogP contribution is 2.21. The lowest BCUT2D eigenvalue weighted by molar-refractivity contribution is -0.134. The van der Waals surface area contributed by atoms with Crippen LogP contribution in [0.4, 0.5) is 0 Å². The first-order valence-electron chi connectivity index (χ1n) is 8.82. The minimum atomic E-state index is -0.696. The molecule has 1 aromatic carbocycles. The standard InChI is InChI=1S/C20H20ClN3O4/c1-12-9-15(13(2)24(12)10-14-5-3-4-6-16(14)21)18(25)11-28-20(27)17-7-8-19(26)23-22-17/h3-6,9H,7-8,10-11H2,1-2H3,(H,23,26). The summed E-state index contributed by atoms with van der Waals surface area (Å²) in [6.07, 6.45) is 0.371. The molecule has 0 radical (unpaired) electrons. The Balaban J connectivity index is 1.68. The van der Waals surface area contributed by atoms with E-state index in [0.29, 0.717) is 17.1 Å². The number of esters is 1. The molecule has 0 saturated heterocycles. The summed E-state index contributed by atoms with van der Waals surface area (Å²) in [4.78, 5) is 35.6. The van der Waals surface area contributed by atoms with Crippen LogP contribution in [0.3, 0.4) is 0 Å². The number of nitrogens with one attached hydrogen (secondary N) is 1. The minimum Gasteiger partial charge on any atom is -0.453 e. The topological polar surface area (TPSA) is 89.8 Å². The van der Waals surface area contributed by atoms with Crippen LogP contribution < -0.4 is 5.43 Å². The summed E-state index contributed by atoms with van der Waals surface area (Å²) in [6.45, 7) is 3.91. The smallest absolute Gasteiger partial charge is 0.354 e. The predicted octanol–water partition coefficient (Wildman–Crippen LogP) is 2.80. The molecule has 8 heteroatoms. The van der Waals surface area contributed by atoms with Crippen LogP contribution in [0.1, 0.15) is 40.2 Å². The second-order valence-corrected chi connectivity index (χ2v) is 6.96. The molecule has 1 N–H and O–H groups in total. The van der Waals surface area contributed by atoms with Crippen LogP contribution >= 0.6 is 11.6 Å². The van der Waals surface area contributed by atoms with Gasteiger partial charge in [0.1, 0.15) is 5.71 Å². The molecule has 3 rings (SSSR count). The summed E-state index contributed by atoms with van der Waals surface area (Å²) in [5, 5.41) is 4.33. The van der Waals surface area contributed by atoms with Crippen molar-refractivity contribution < 1.29 is 19.1 Å². The minimum absolute atomic E-state index is 0.108. The molecule has 0 saturated carbocycles. The van der Waals surface area contributed by atoms with Crippen molar-refractivity contribution in [1.82, 2.24) is 9.99 Å². The third kappa shape index (κ3) is 4.31. The molecule has 0 aliphatic carbocycles. The third-order valence-corrected chi connectivity index (χ3v) is 5.00. The number of carbonyl (C=O) groups excluding carboxylic acids is 3. The molecule has 2 aromatic rings. The van der Waals surface area contributed by atoms with E-state index in [1.807, 2.05) is 42.7 Å². The Kier molecular flexibility index (Phi) is 5.94. The van der Waals surface area contributed by atoms with Crippen molar-refractivity contribution in [2.24, 2.45) is 5.10 Å². The SMILES string of the molecule is Cc1cc(C(=O)COC(=O)C2=NNC(=O)CC2)c(C)n1Cc1ccccc1Cl. The van der Waals surface area contributed by atoms with E-state index in [1.54, 1.807) is 6.07 Å². The highest BCUT2D eigenvalue weighted by atomic mass is 35.5. The van der Waals surface area contributed by atoms with Crippen LogP contribution in [0.5, 0.6) is 0 Å². The molecule has 0 spiro atoms. The van der Waals surface area contributed by atoms with Crippen molar-refractivity contribution >= 4 is 35.0 Å². The predicted molar refractivity (Wildman–Crippen MR) is 105 cm³/mol. The van der Waals surface area contributed by atoms with Gasteiger partial charge in [-0.25, -0.2) is 10.2 Å². The van der Waals surface area contributed by atoms with Gasteiger partial charge in [-0.15, -0.1) is 0 Å². The second-order valence-electron chi connectivity index (χ2n) is 6.56. The number of aryl methyl sites for hydroxylation is 1. The number of aromatic nitrogens is 1. The van der Waals surface area contributed by atoms with Gasteiger partial charge in [-0.05, 0) is 31.5 Å². The first-order chi connectivity index (χ1) is 13.4. The average molecular weight is 402 g/mol. The monoisotopic (exact) mass is 401 g/mol. The van der Waals surface area contributed by atoms with Crippen molar-refractivity contribution in [3.8, 4) is 0 Å². The molecule has 28 heavy (non-hydrogen) atoms. The summed E-state index contributed by atoms with van der Waals surface area (Å²) in [5.41, 5.74) is 5.47. The fourth-order valence-electron chi connectivity index (χ4n) is 3.04. The summed E-state index contributed by atoms with van der Waals surface area (Å²) in [5.74, 6) is -1.25. The molecule has 0 atom stereocenters. The summed E-state index contributed by atoms with van der Waals surface area (Å²) in [6, 6.07) is 9.33. The zero-order valence-electron chi connectivity index (χ0n) is 15.6. The molecule has 1 aromatic heterocycles. The molecule has 7 nitrogen and oxygen atoms in total. The van der Waals surface area contributed by atoms with Gasteiger partial charge < -0.3 is 9.30 Å². The van der Waals surface area contributed by atoms with Gasteiger partial charge in [-0.1, -0.05) is 29.8 Å². The second kappa shape index (κ2) is 8.39. The molecule has 1 aliphatic rings. The van der Waals surface area contributed by atoms with Crippen molar-refractivity contribution in [2.75, 3.05) is 6.61 Å². The quantitative estimate of drug-likeness (QED) is 0.595. The number of Topliss-reactive ketones (excluding diaryl/α,β-unsaturated/α-hetero) is 1. The number of rotatable bonds is 6. The Labute approximate surface area is 167 Å². The lowest BCUT2D eigenvalue weighted by atomic mass is 10.1. The number of halogens is 1. The molecule has 1 amide bonds. The van der Waals surface area contributed by atoms with Gasteiger partial charge in [-0.2, -0.15) is 5.10 Å². The van der Waals surface area contributed by atoms with E-state index < -0.39 is 5.97 Å². The van der Waals surface area contributed by atoms with Crippen LogP contribution in [0.2, 0.25) is 5.02 Å². The van der Waals surface area contributed by atoms with E-state index in [9.17, 15) is 14.4 Å². The van der Waals surface area contributed by atoms with Gasteiger partial charge in [0.2, 0.25) is 11.7 Å². The van der Waals surface area contributed by atoms with Crippen LogP contribution in [0.25, 0.3) is 0 Å². The van der Waals surface area contributed by atoms with Crippen LogP contribution in [-0.4, -0.2) is 34.5 Å². The Morgan fingerprint density at radius 2 is 2.00 bits per heavy atom. The number of benzene rings is 1. The number of carbonyl (C=O) groups is 3. The van der Waals surface area contributed by atoms with E-state index in [2.05, 4.69) is 10.5 Å². The maximum atomic E-state index is 12.6. The average Bonchev–Trinajstić information content (AvgIpc) is 2.96. The zero-order valence-corrected chi connectivity index (χ0v) is 16.4. The lowest BCUT2D eigenvalue weighted by Gasteiger charge is -2.12. The largest absolute Gasteiger partial charge is 0.453 e.